The second-order valence-electron chi connectivity index (χ2n) is 5.47. The number of hydrogen-bond donors (Lipinski definition) is 3. The molecule has 0 amide bonds. The van der Waals surface area contributed by atoms with Crippen molar-refractivity contribution in [3.63, 3.8) is 0 Å². The van der Waals surface area contributed by atoms with E-state index >= 15 is 0 Å². The summed E-state index contributed by atoms with van der Waals surface area (Å²) in [5, 5.41) is 12.3. The van der Waals surface area contributed by atoms with E-state index in [0.717, 1.165) is 32.0 Å². The number of aromatic amines is 1. The maximum absolute atomic E-state index is 6.05. The number of H-pyrrole nitrogens is 1. The minimum atomic E-state index is 0.434. The zero-order chi connectivity index (χ0) is 16.0. The van der Waals surface area contributed by atoms with Gasteiger partial charge in [0, 0.05) is 15.5 Å². The van der Waals surface area contributed by atoms with Gasteiger partial charge in [0.05, 0.1) is 16.4 Å². The van der Waals surface area contributed by atoms with Gasteiger partial charge < -0.3 is 11.1 Å². The number of nitrogens with zero attached hydrogens (tertiary/aromatic N) is 2. The zero-order valence-corrected chi connectivity index (χ0v) is 14.0. The molecule has 0 saturated heterocycles. The topological polar surface area (TPSA) is 79.6 Å². The molecular weight excluding hydrogens is 354 g/mol. The molecule has 2 aromatic carbocycles. The predicted octanol–water partition coefficient (Wildman–Crippen LogP) is 4.51. The van der Waals surface area contributed by atoms with Crippen LogP contribution in [0.2, 0.25) is 0 Å². The molecule has 23 heavy (non-hydrogen) atoms. The molecule has 114 valence electrons. The first-order chi connectivity index (χ1) is 11.1. The number of nitrogens with one attached hydrogen (secondary N) is 2. The van der Waals surface area contributed by atoms with Gasteiger partial charge in [-0.05, 0) is 37.3 Å². The molecule has 4 N–H and O–H groups in total. The van der Waals surface area contributed by atoms with Gasteiger partial charge in [-0.3, -0.25) is 5.10 Å². The Hall–Kier alpha value is -2.60. The normalized spacial score (nSPS) is 11.2. The minimum absolute atomic E-state index is 0.434. The van der Waals surface area contributed by atoms with E-state index in [2.05, 4.69) is 50.5 Å². The van der Waals surface area contributed by atoms with Gasteiger partial charge in [0.1, 0.15) is 5.82 Å². The van der Waals surface area contributed by atoms with Crippen molar-refractivity contribution in [3.05, 3.63) is 52.5 Å². The quantitative estimate of drug-likeness (QED) is 0.486. The first-order valence-corrected chi connectivity index (χ1v) is 7.97. The first kappa shape index (κ1) is 14.0. The van der Waals surface area contributed by atoms with Gasteiger partial charge >= 0.3 is 0 Å². The summed E-state index contributed by atoms with van der Waals surface area (Å²) < 4.78 is 0.987. The molecule has 0 bridgehead atoms. The molecule has 0 aliphatic heterocycles. The van der Waals surface area contributed by atoms with E-state index in [1.165, 1.54) is 5.56 Å². The molecule has 0 unspecified atom stereocenters. The molecule has 2 heterocycles. The number of benzene rings is 2. The monoisotopic (exact) mass is 367 g/mol. The zero-order valence-electron chi connectivity index (χ0n) is 12.4. The number of rotatable bonds is 2. The molecular formula is C17H14BrN5. The van der Waals surface area contributed by atoms with Crippen molar-refractivity contribution in [3.8, 4) is 0 Å². The Kier molecular flexibility index (Phi) is 3.20. The molecule has 0 aliphatic carbocycles. The Morgan fingerprint density at radius 1 is 1.13 bits per heavy atom. The van der Waals surface area contributed by atoms with Crippen molar-refractivity contribution in [2.24, 2.45) is 0 Å². The fourth-order valence-electron chi connectivity index (χ4n) is 2.64. The van der Waals surface area contributed by atoms with Gasteiger partial charge in [0.15, 0.2) is 5.82 Å². The lowest BCUT2D eigenvalue weighted by Crippen LogP contribution is -1.97. The van der Waals surface area contributed by atoms with Crippen LogP contribution in [0.3, 0.4) is 0 Å². The maximum Gasteiger partial charge on any atom is 0.156 e. The van der Waals surface area contributed by atoms with Crippen LogP contribution < -0.4 is 11.1 Å². The van der Waals surface area contributed by atoms with Crippen LogP contribution >= 0.6 is 15.9 Å². The summed E-state index contributed by atoms with van der Waals surface area (Å²) in [4.78, 5) is 4.72. The largest absolute Gasteiger partial charge is 0.382 e. The lowest BCUT2D eigenvalue weighted by atomic mass is 10.1. The predicted molar refractivity (Wildman–Crippen MR) is 98.0 cm³/mol. The van der Waals surface area contributed by atoms with Gasteiger partial charge in [-0.25, -0.2) is 4.98 Å². The molecule has 4 aromatic rings. The number of nitrogen functional groups attached to an aromatic ring is 1. The number of pyridine rings is 1. The van der Waals surface area contributed by atoms with Crippen LogP contribution in [0.1, 0.15) is 5.56 Å². The van der Waals surface area contributed by atoms with E-state index in [1.54, 1.807) is 0 Å². The summed E-state index contributed by atoms with van der Waals surface area (Å²) in [5.41, 5.74) is 9.97. The van der Waals surface area contributed by atoms with Crippen LogP contribution in [0.25, 0.3) is 21.8 Å². The lowest BCUT2D eigenvalue weighted by molar-refractivity contribution is 1.13. The first-order valence-electron chi connectivity index (χ1n) is 7.18. The highest BCUT2D eigenvalue weighted by Gasteiger charge is 2.14. The molecule has 0 saturated carbocycles. The Labute approximate surface area is 141 Å². The molecule has 0 spiro atoms. The molecule has 0 atom stereocenters. The van der Waals surface area contributed by atoms with Gasteiger partial charge in [0.25, 0.3) is 0 Å². The van der Waals surface area contributed by atoms with Crippen LogP contribution in [-0.4, -0.2) is 15.2 Å². The molecule has 4 rings (SSSR count). The summed E-state index contributed by atoms with van der Waals surface area (Å²) in [6, 6.07) is 14.1. The molecule has 2 aromatic heterocycles. The third-order valence-corrected chi connectivity index (χ3v) is 4.30. The maximum atomic E-state index is 6.05. The smallest absolute Gasteiger partial charge is 0.156 e. The highest BCUT2D eigenvalue weighted by molar-refractivity contribution is 9.10. The van der Waals surface area contributed by atoms with E-state index in [1.807, 2.05) is 30.3 Å². The average Bonchev–Trinajstić information content (AvgIpc) is 2.93. The van der Waals surface area contributed by atoms with Crippen molar-refractivity contribution < 1.29 is 0 Å². The number of anilines is 3. The lowest BCUT2D eigenvalue weighted by Gasteiger charge is -2.10. The molecule has 0 aliphatic rings. The van der Waals surface area contributed by atoms with Gasteiger partial charge in [-0.2, -0.15) is 5.10 Å². The Balaban J connectivity index is 1.95. The van der Waals surface area contributed by atoms with Crippen LogP contribution in [0, 0.1) is 6.92 Å². The van der Waals surface area contributed by atoms with Crippen LogP contribution in [-0.2, 0) is 0 Å². The van der Waals surface area contributed by atoms with Crippen LogP contribution in [0.5, 0.6) is 0 Å². The van der Waals surface area contributed by atoms with E-state index in [4.69, 9.17) is 10.7 Å². The van der Waals surface area contributed by atoms with Crippen molar-refractivity contribution in [1.82, 2.24) is 15.2 Å². The third-order valence-electron chi connectivity index (χ3n) is 3.81. The Morgan fingerprint density at radius 3 is 2.70 bits per heavy atom. The highest BCUT2D eigenvalue weighted by Crippen LogP contribution is 2.34. The van der Waals surface area contributed by atoms with E-state index in [-0.39, 0.29) is 0 Å². The molecule has 6 heteroatoms. The fourth-order valence-corrected chi connectivity index (χ4v) is 3.00. The van der Waals surface area contributed by atoms with E-state index in [0.29, 0.717) is 11.6 Å². The van der Waals surface area contributed by atoms with E-state index in [9.17, 15) is 0 Å². The molecule has 5 nitrogen and oxygen atoms in total. The van der Waals surface area contributed by atoms with Crippen molar-refractivity contribution in [1.29, 1.82) is 0 Å². The number of aryl methyl sites for hydroxylation is 1. The van der Waals surface area contributed by atoms with Crippen molar-refractivity contribution >= 4 is 55.1 Å². The van der Waals surface area contributed by atoms with Gasteiger partial charge in [-0.1, -0.05) is 33.6 Å². The number of aromatic nitrogens is 3. The number of fused-ring (bicyclic) bond motifs is 3. The number of halogens is 1. The SMILES string of the molecule is Cc1ccc(Nc2nc3ccc(Br)cc3c3[nH]nc(N)c23)cc1. The second kappa shape index (κ2) is 5.24. The molecule has 0 fully saturated rings. The van der Waals surface area contributed by atoms with Crippen LogP contribution in [0.4, 0.5) is 17.3 Å². The summed E-state index contributed by atoms with van der Waals surface area (Å²) in [6.45, 7) is 2.06. The van der Waals surface area contributed by atoms with Crippen molar-refractivity contribution in [2.75, 3.05) is 11.1 Å². The average molecular weight is 368 g/mol. The highest BCUT2D eigenvalue weighted by atomic mass is 79.9. The summed E-state index contributed by atoms with van der Waals surface area (Å²) in [5.74, 6) is 1.13. The minimum Gasteiger partial charge on any atom is -0.382 e. The summed E-state index contributed by atoms with van der Waals surface area (Å²) in [7, 11) is 0. The van der Waals surface area contributed by atoms with Gasteiger partial charge in [-0.15, -0.1) is 0 Å². The fraction of sp³-hybridized carbons (Fsp3) is 0.0588. The van der Waals surface area contributed by atoms with E-state index < -0.39 is 0 Å². The number of hydrogen-bond acceptors (Lipinski definition) is 4. The molecule has 0 radical (unpaired) electrons. The van der Waals surface area contributed by atoms with Gasteiger partial charge in [0.2, 0.25) is 0 Å². The number of nitrogens with two attached hydrogens (primary N) is 1. The summed E-state index contributed by atoms with van der Waals surface area (Å²) in [6.07, 6.45) is 0. The summed E-state index contributed by atoms with van der Waals surface area (Å²) >= 11 is 3.50. The standard InChI is InChI=1S/C17H14BrN5/c1-9-2-5-11(6-3-9)20-17-14-15(22-23-16(14)19)12-8-10(18)4-7-13(12)21-17/h2-8H,1H3,(H,20,21)(H3,19,22,23). The van der Waals surface area contributed by atoms with Crippen LogP contribution in [0.15, 0.2) is 46.9 Å². The Morgan fingerprint density at radius 2 is 1.91 bits per heavy atom. The Bertz CT molecular complexity index is 1020. The third kappa shape index (κ3) is 2.41. The van der Waals surface area contributed by atoms with Crippen molar-refractivity contribution in [2.45, 2.75) is 6.92 Å². The second-order valence-corrected chi connectivity index (χ2v) is 6.39.